The molecule has 1 N–H and O–H groups in total. The standard InChI is InChI=1S/C17H18ClN3O4S/c1-20-13(11(18)9-19-20)15(22)21-5-3-17(4-6-21)14-10(2-7-25-17)8-12(26-14)16(23)24/h8-9H,2-7H2,1H3,(H,23,24). The zero-order valence-corrected chi connectivity index (χ0v) is 15.8. The highest BCUT2D eigenvalue weighted by molar-refractivity contribution is 7.14. The Hall–Kier alpha value is -1.90. The van der Waals surface area contributed by atoms with E-state index in [2.05, 4.69) is 5.10 Å². The van der Waals surface area contributed by atoms with E-state index in [0.29, 0.717) is 48.1 Å². The van der Waals surface area contributed by atoms with Crippen molar-refractivity contribution in [2.45, 2.75) is 24.9 Å². The van der Waals surface area contributed by atoms with Gasteiger partial charge in [-0.05, 0) is 30.9 Å². The third-order valence-electron chi connectivity index (χ3n) is 5.14. The third-order valence-corrected chi connectivity index (χ3v) is 6.77. The molecule has 9 heteroatoms. The summed E-state index contributed by atoms with van der Waals surface area (Å²) in [6.07, 6.45) is 3.48. The molecule has 138 valence electrons. The van der Waals surface area contributed by atoms with Crippen LogP contribution in [0.25, 0.3) is 0 Å². The van der Waals surface area contributed by atoms with Crippen LogP contribution in [-0.2, 0) is 23.8 Å². The molecule has 2 aromatic rings. The number of halogens is 1. The maximum atomic E-state index is 12.8. The van der Waals surface area contributed by atoms with Crippen molar-refractivity contribution in [3.63, 3.8) is 0 Å². The molecule has 0 bridgehead atoms. The number of hydrogen-bond acceptors (Lipinski definition) is 5. The zero-order valence-electron chi connectivity index (χ0n) is 14.2. The number of carbonyl (C=O) groups excluding carboxylic acids is 1. The molecule has 0 saturated carbocycles. The number of fused-ring (bicyclic) bond motifs is 2. The van der Waals surface area contributed by atoms with Crippen molar-refractivity contribution in [3.05, 3.63) is 38.3 Å². The van der Waals surface area contributed by atoms with E-state index in [1.165, 1.54) is 22.2 Å². The van der Waals surface area contributed by atoms with Crippen LogP contribution in [0.1, 0.15) is 43.4 Å². The highest BCUT2D eigenvalue weighted by Crippen LogP contribution is 2.45. The first-order valence-electron chi connectivity index (χ1n) is 8.38. The summed E-state index contributed by atoms with van der Waals surface area (Å²) in [5, 5.41) is 13.7. The number of carboxylic acid groups (broad SMARTS) is 1. The number of piperidine rings is 1. The van der Waals surface area contributed by atoms with Crippen molar-refractivity contribution in [1.29, 1.82) is 0 Å². The molecule has 4 heterocycles. The molecule has 0 unspecified atom stereocenters. The number of carbonyl (C=O) groups is 2. The fourth-order valence-corrected chi connectivity index (χ4v) is 5.27. The molecule has 2 aliphatic heterocycles. The molecule has 0 atom stereocenters. The van der Waals surface area contributed by atoms with Crippen molar-refractivity contribution in [1.82, 2.24) is 14.7 Å². The van der Waals surface area contributed by atoms with Crippen LogP contribution >= 0.6 is 22.9 Å². The number of aromatic carboxylic acids is 1. The van der Waals surface area contributed by atoms with Crippen LogP contribution in [0, 0.1) is 0 Å². The van der Waals surface area contributed by atoms with Gasteiger partial charge in [-0.2, -0.15) is 5.10 Å². The Morgan fingerprint density at radius 3 is 2.73 bits per heavy atom. The van der Waals surface area contributed by atoms with Gasteiger partial charge in [-0.3, -0.25) is 9.48 Å². The van der Waals surface area contributed by atoms with Crippen molar-refractivity contribution < 1.29 is 19.4 Å². The summed E-state index contributed by atoms with van der Waals surface area (Å²) in [6, 6.07) is 1.76. The fraction of sp³-hybridized carbons (Fsp3) is 0.471. The molecule has 2 aliphatic rings. The minimum Gasteiger partial charge on any atom is -0.477 e. The van der Waals surface area contributed by atoms with Crippen LogP contribution in [0.3, 0.4) is 0 Å². The summed E-state index contributed by atoms with van der Waals surface area (Å²) in [7, 11) is 1.69. The van der Waals surface area contributed by atoms with E-state index < -0.39 is 11.6 Å². The van der Waals surface area contributed by atoms with Gasteiger partial charge in [0.05, 0.1) is 17.8 Å². The number of amides is 1. The van der Waals surface area contributed by atoms with Crippen LogP contribution in [0.4, 0.5) is 0 Å². The molecule has 0 aliphatic carbocycles. The van der Waals surface area contributed by atoms with E-state index in [4.69, 9.17) is 16.3 Å². The molecule has 0 aromatic carbocycles. The Kier molecular flexibility index (Phi) is 4.29. The first-order valence-corrected chi connectivity index (χ1v) is 9.58. The number of hydrogen-bond donors (Lipinski definition) is 1. The van der Waals surface area contributed by atoms with Crippen LogP contribution < -0.4 is 0 Å². The average molecular weight is 396 g/mol. The molecule has 26 heavy (non-hydrogen) atoms. The summed E-state index contributed by atoms with van der Waals surface area (Å²) in [4.78, 5) is 27.2. The number of carboxylic acids is 1. The van der Waals surface area contributed by atoms with Crippen LogP contribution in [0.15, 0.2) is 12.3 Å². The second-order valence-corrected chi connectivity index (χ2v) is 8.08. The lowest BCUT2D eigenvalue weighted by molar-refractivity contribution is -0.0906. The molecule has 4 rings (SSSR count). The van der Waals surface area contributed by atoms with E-state index >= 15 is 0 Å². The lowest BCUT2D eigenvalue weighted by atomic mass is 9.85. The molecule has 1 spiro atoms. The van der Waals surface area contributed by atoms with Crippen molar-refractivity contribution in [3.8, 4) is 0 Å². The molecule has 1 amide bonds. The zero-order chi connectivity index (χ0) is 18.5. The molecular formula is C17H18ClN3O4S. The minimum absolute atomic E-state index is 0.140. The predicted octanol–water partition coefficient (Wildman–Crippen LogP) is 2.54. The Morgan fingerprint density at radius 1 is 1.38 bits per heavy atom. The molecule has 1 saturated heterocycles. The molecule has 1 fully saturated rings. The van der Waals surface area contributed by atoms with Gasteiger partial charge in [0.1, 0.15) is 16.2 Å². The summed E-state index contributed by atoms with van der Waals surface area (Å²) < 4.78 is 7.62. The third kappa shape index (κ3) is 2.72. The van der Waals surface area contributed by atoms with E-state index in [-0.39, 0.29) is 5.91 Å². The quantitative estimate of drug-likeness (QED) is 0.844. The Morgan fingerprint density at radius 2 is 2.12 bits per heavy atom. The summed E-state index contributed by atoms with van der Waals surface area (Å²) >= 11 is 7.39. The van der Waals surface area contributed by atoms with Gasteiger partial charge in [-0.1, -0.05) is 11.6 Å². The summed E-state index contributed by atoms with van der Waals surface area (Å²) in [5.41, 5.74) is 0.962. The lowest BCUT2D eigenvalue weighted by Crippen LogP contribution is -2.48. The van der Waals surface area contributed by atoms with Gasteiger partial charge < -0.3 is 14.7 Å². The van der Waals surface area contributed by atoms with Crippen LogP contribution in [0.2, 0.25) is 5.02 Å². The number of aryl methyl sites for hydroxylation is 1. The summed E-state index contributed by atoms with van der Waals surface area (Å²) in [5.74, 6) is -1.05. The second-order valence-electron chi connectivity index (χ2n) is 6.62. The highest BCUT2D eigenvalue weighted by atomic mass is 35.5. The van der Waals surface area contributed by atoms with Crippen LogP contribution in [0.5, 0.6) is 0 Å². The van der Waals surface area contributed by atoms with E-state index in [9.17, 15) is 14.7 Å². The number of thiophene rings is 1. The maximum absolute atomic E-state index is 12.8. The van der Waals surface area contributed by atoms with Gasteiger partial charge in [-0.25, -0.2) is 4.79 Å². The first kappa shape index (κ1) is 17.5. The number of rotatable bonds is 2. The van der Waals surface area contributed by atoms with Crippen LogP contribution in [-0.4, -0.2) is 51.4 Å². The molecule has 2 aromatic heterocycles. The maximum Gasteiger partial charge on any atom is 0.345 e. The van der Waals surface area contributed by atoms with Gasteiger partial charge in [-0.15, -0.1) is 11.3 Å². The Labute approximate surface area is 159 Å². The van der Waals surface area contributed by atoms with Gasteiger partial charge >= 0.3 is 5.97 Å². The normalized spacial score (nSPS) is 18.8. The largest absolute Gasteiger partial charge is 0.477 e. The first-order chi connectivity index (χ1) is 12.4. The van der Waals surface area contributed by atoms with Crippen molar-refractivity contribution in [2.24, 2.45) is 7.05 Å². The smallest absolute Gasteiger partial charge is 0.345 e. The number of nitrogens with zero attached hydrogens (tertiary/aromatic N) is 3. The van der Waals surface area contributed by atoms with E-state index in [1.54, 1.807) is 18.0 Å². The molecule has 0 radical (unpaired) electrons. The summed E-state index contributed by atoms with van der Waals surface area (Å²) in [6.45, 7) is 1.63. The van der Waals surface area contributed by atoms with Crippen molar-refractivity contribution in [2.75, 3.05) is 19.7 Å². The SMILES string of the molecule is Cn1ncc(Cl)c1C(=O)N1CCC2(CC1)OCCc1cc(C(=O)O)sc12. The average Bonchev–Trinajstić information content (AvgIpc) is 3.20. The molecule has 7 nitrogen and oxygen atoms in total. The topological polar surface area (TPSA) is 84.7 Å². The Bertz CT molecular complexity index is 863. The monoisotopic (exact) mass is 395 g/mol. The van der Waals surface area contributed by atoms with Gasteiger partial charge in [0, 0.05) is 25.0 Å². The van der Waals surface area contributed by atoms with E-state index in [0.717, 1.165) is 16.9 Å². The number of aromatic nitrogens is 2. The van der Waals surface area contributed by atoms with Crippen molar-refractivity contribution >= 4 is 34.8 Å². The Balaban J connectivity index is 1.56. The van der Waals surface area contributed by atoms with E-state index in [1.807, 2.05) is 0 Å². The predicted molar refractivity (Wildman–Crippen MR) is 96.0 cm³/mol. The van der Waals surface area contributed by atoms with Gasteiger partial charge in [0.15, 0.2) is 0 Å². The molecular weight excluding hydrogens is 378 g/mol. The number of ether oxygens (including phenoxy) is 1. The fourth-order valence-electron chi connectivity index (χ4n) is 3.77. The minimum atomic E-state index is -0.905. The highest BCUT2D eigenvalue weighted by Gasteiger charge is 2.44. The van der Waals surface area contributed by atoms with Gasteiger partial charge in [0.25, 0.3) is 5.91 Å². The second kappa shape index (κ2) is 6.37. The number of likely N-dealkylation sites (tertiary alicyclic amines) is 1. The van der Waals surface area contributed by atoms with Gasteiger partial charge in [0.2, 0.25) is 0 Å². The lowest BCUT2D eigenvalue weighted by Gasteiger charge is -2.43.